The molecular formula is C18H18O2S. The summed E-state index contributed by atoms with van der Waals surface area (Å²) in [6, 6.07) is 14.1. The summed E-state index contributed by atoms with van der Waals surface area (Å²) in [6.45, 7) is 0. The molecule has 3 heteroatoms. The van der Waals surface area contributed by atoms with E-state index in [4.69, 9.17) is 4.74 Å². The smallest absolute Gasteiger partial charge is 0.126 e. The summed E-state index contributed by atoms with van der Waals surface area (Å²) in [5.41, 5.74) is 2.26. The lowest BCUT2D eigenvalue weighted by molar-refractivity contribution is 0.169. The van der Waals surface area contributed by atoms with Gasteiger partial charge in [-0.3, -0.25) is 0 Å². The highest BCUT2D eigenvalue weighted by Gasteiger charge is 2.13. The molecule has 1 heterocycles. The number of hydrogen-bond acceptors (Lipinski definition) is 3. The molecule has 0 radical (unpaired) electrons. The molecule has 0 bridgehead atoms. The number of thiophene rings is 1. The maximum Gasteiger partial charge on any atom is 0.126 e. The first-order chi connectivity index (χ1) is 10.3. The van der Waals surface area contributed by atoms with Gasteiger partial charge in [-0.15, -0.1) is 0 Å². The average molecular weight is 298 g/mol. The van der Waals surface area contributed by atoms with Crippen molar-refractivity contribution in [3.8, 4) is 5.75 Å². The van der Waals surface area contributed by atoms with Crippen molar-refractivity contribution >= 4 is 22.1 Å². The number of benzene rings is 2. The molecule has 0 aliphatic carbocycles. The van der Waals surface area contributed by atoms with Crippen molar-refractivity contribution in [2.75, 3.05) is 7.11 Å². The van der Waals surface area contributed by atoms with Gasteiger partial charge in [-0.1, -0.05) is 30.3 Å². The minimum absolute atomic E-state index is 0.458. The van der Waals surface area contributed by atoms with Crippen LogP contribution in [0.4, 0.5) is 0 Å². The van der Waals surface area contributed by atoms with Crippen LogP contribution in [0.25, 0.3) is 10.8 Å². The molecule has 1 atom stereocenters. The van der Waals surface area contributed by atoms with Crippen LogP contribution in [-0.4, -0.2) is 12.2 Å². The highest BCUT2D eigenvalue weighted by Crippen LogP contribution is 2.33. The molecule has 0 aliphatic heterocycles. The SMILES string of the molecule is COc1ccc(C(O)CCc2ccsc2)c2ccccc12. The molecule has 1 aromatic heterocycles. The van der Waals surface area contributed by atoms with Gasteiger partial charge in [0.1, 0.15) is 5.75 Å². The van der Waals surface area contributed by atoms with Crippen LogP contribution >= 0.6 is 11.3 Å². The molecule has 0 aliphatic rings. The number of ether oxygens (including phenoxy) is 1. The van der Waals surface area contributed by atoms with E-state index in [1.54, 1.807) is 18.4 Å². The highest BCUT2D eigenvalue weighted by atomic mass is 32.1. The zero-order valence-electron chi connectivity index (χ0n) is 12.0. The van der Waals surface area contributed by atoms with E-state index in [1.165, 1.54) is 5.56 Å². The molecule has 1 unspecified atom stereocenters. The maximum absolute atomic E-state index is 10.5. The number of aliphatic hydroxyl groups excluding tert-OH is 1. The van der Waals surface area contributed by atoms with E-state index in [0.29, 0.717) is 0 Å². The predicted molar refractivity (Wildman–Crippen MR) is 88.1 cm³/mol. The lowest BCUT2D eigenvalue weighted by atomic mass is 9.96. The fraction of sp³-hybridized carbons (Fsp3) is 0.222. The first-order valence-corrected chi connectivity index (χ1v) is 7.98. The van der Waals surface area contributed by atoms with Crippen molar-refractivity contribution < 1.29 is 9.84 Å². The molecule has 0 saturated carbocycles. The monoisotopic (exact) mass is 298 g/mol. The summed E-state index contributed by atoms with van der Waals surface area (Å²) >= 11 is 1.70. The summed E-state index contributed by atoms with van der Waals surface area (Å²) in [7, 11) is 1.68. The fourth-order valence-electron chi connectivity index (χ4n) is 2.66. The summed E-state index contributed by atoms with van der Waals surface area (Å²) < 4.78 is 5.40. The summed E-state index contributed by atoms with van der Waals surface area (Å²) in [5.74, 6) is 0.847. The second kappa shape index (κ2) is 6.29. The van der Waals surface area contributed by atoms with Crippen molar-refractivity contribution in [1.29, 1.82) is 0 Å². The Morgan fingerprint density at radius 2 is 1.90 bits per heavy atom. The Morgan fingerprint density at radius 1 is 1.10 bits per heavy atom. The Morgan fingerprint density at radius 3 is 2.62 bits per heavy atom. The second-order valence-electron chi connectivity index (χ2n) is 5.09. The highest BCUT2D eigenvalue weighted by molar-refractivity contribution is 7.07. The third kappa shape index (κ3) is 2.94. The van der Waals surface area contributed by atoms with Gasteiger partial charge in [0, 0.05) is 5.39 Å². The van der Waals surface area contributed by atoms with Gasteiger partial charge in [0.05, 0.1) is 13.2 Å². The van der Waals surface area contributed by atoms with E-state index in [0.717, 1.165) is 34.9 Å². The third-order valence-corrected chi connectivity index (χ3v) is 4.52. The zero-order valence-corrected chi connectivity index (χ0v) is 12.8. The molecule has 0 saturated heterocycles. The number of methoxy groups -OCH3 is 1. The molecule has 2 nitrogen and oxygen atoms in total. The van der Waals surface area contributed by atoms with E-state index < -0.39 is 6.10 Å². The quantitative estimate of drug-likeness (QED) is 0.747. The third-order valence-electron chi connectivity index (χ3n) is 3.78. The molecule has 3 rings (SSSR count). The average Bonchev–Trinajstić information content (AvgIpc) is 3.05. The Balaban J connectivity index is 1.89. The predicted octanol–water partition coefficient (Wildman–Crippen LogP) is 4.58. The number of aryl methyl sites for hydroxylation is 1. The van der Waals surface area contributed by atoms with Crippen molar-refractivity contribution in [3.63, 3.8) is 0 Å². The molecule has 3 aromatic rings. The standard InChI is InChI=1S/C18H18O2S/c1-20-18-9-7-15(14-4-2-3-5-16(14)18)17(19)8-6-13-10-11-21-12-13/h2-5,7,9-12,17,19H,6,8H2,1H3. The van der Waals surface area contributed by atoms with Gasteiger partial charge >= 0.3 is 0 Å². The topological polar surface area (TPSA) is 29.5 Å². The van der Waals surface area contributed by atoms with Gasteiger partial charge in [-0.2, -0.15) is 11.3 Å². The molecule has 21 heavy (non-hydrogen) atoms. The lowest BCUT2D eigenvalue weighted by Gasteiger charge is -2.15. The van der Waals surface area contributed by atoms with Gasteiger partial charge in [0.25, 0.3) is 0 Å². The van der Waals surface area contributed by atoms with Crippen LogP contribution in [-0.2, 0) is 6.42 Å². The number of rotatable bonds is 5. The molecule has 2 aromatic carbocycles. The van der Waals surface area contributed by atoms with Crippen molar-refractivity contribution in [2.24, 2.45) is 0 Å². The molecular weight excluding hydrogens is 280 g/mol. The fourth-order valence-corrected chi connectivity index (χ4v) is 3.36. The van der Waals surface area contributed by atoms with Crippen LogP contribution in [0.3, 0.4) is 0 Å². The normalized spacial score (nSPS) is 12.5. The summed E-state index contributed by atoms with van der Waals surface area (Å²) in [6.07, 6.45) is 1.17. The second-order valence-corrected chi connectivity index (χ2v) is 5.87. The van der Waals surface area contributed by atoms with Crippen molar-refractivity contribution in [3.05, 3.63) is 64.4 Å². The van der Waals surface area contributed by atoms with Gasteiger partial charge in [0.15, 0.2) is 0 Å². The maximum atomic E-state index is 10.5. The number of aliphatic hydroxyl groups is 1. The molecule has 108 valence electrons. The van der Waals surface area contributed by atoms with Gasteiger partial charge in [0.2, 0.25) is 0 Å². The van der Waals surface area contributed by atoms with E-state index in [1.807, 2.05) is 36.4 Å². The number of hydrogen-bond donors (Lipinski definition) is 1. The Hall–Kier alpha value is -1.84. The molecule has 0 fully saturated rings. The van der Waals surface area contributed by atoms with Gasteiger partial charge in [-0.25, -0.2) is 0 Å². The summed E-state index contributed by atoms with van der Waals surface area (Å²) in [5, 5.41) is 16.9. The van der Waals surface area contributed by atoms with Gasteiger partial charge < -0.3 is 9.84 Å². The van der Waals surface area contributed by atoms with Crippen molar-refractivity contribution in [2.45, 2.75) is 18.9 Å². The van der Waals surface area contributed by atoms with Crippen LogP contribution in [0.5, 0.6) is 5.75 Å². The van der Waals surface area contributed by atoms with Crippen LogP contribution in [0.2, 0.25) is 0 Å². The molecule has 0 spiro atoms. The van der Waals surface area contributed by atoms with E-state index in [9.17, 15) is 5.11 Å². The lowest BCUT2D eigenvalue weighted by Crippen LogP contribution is -2.01. The van der Waals surface area contributed by atoms with Crippen LogP contribution in [0.1, 0.15) is 23.7 Å². The Bertz CT molecular complexity index is 719. The van der Waals surface area contributed by atoms with Crippen LogP contribution in [0, 0.1) is 0 Å². The number of fused-ring (bicyclic) bond motifs is 1. The zero-order chi connectivity index (χ0) is 14.7. The minimum Gasteiger partial charge on any atom is -0.496 e. The van der Waals surface area contributed by atoms with Crippen LogP contribution in [0.15, 0.2) is 53.2 Å². The first kappa shape index (κ1) is 14.1. The Labute approximate surface area is 128 Å². The van der Waals surface area contributed by atoms with Crippen molar-refractivity contribution in [1.82, 2.24) is 0 Å². The Kier molecular flexibility index (Phi) is 4.23. The van der Waals surface area contributed by atoms with E-state index in [2.05, 4.69) is 16.8 Å². The van der Waals surface area contributed by atoms with Gasteiger partial charge in [-0.05, 0) is 52.2 Å². The van der Waals surface area contributed by atoms with E-state index in [-0.39, 0.29) is 0 Å². The minimum atomic E-state index is -0.458. The largest absolute Gasteiger partial charge is 0.496 e. The summed E-state index contributed by atoms with van der Waals surface area (Å²) in [4.78, 5) is 0. The molecule has 1 N–H and O–H groups in total. The van der Waals surface area contributed by atoms with Crippen LogP contribution < -0.4 is 4.74 Å². The first-order valence-electron chi connectivity index (χ1n) is 7.04. The molecule has 0 amide bonds. The van der Waals surface area contributed by atoms with E-state index >= 15 is 0 Å².